The van der Waals surface area contributed by atoms with Gasteiger partial charge in [-0.1, -0.05) is 33.6 Å². The second-order valence-corrected chi connectivity index (χ2v) is 14.9. The van der Waals surface area contributed by atoms with Gasteiger partial charge in [-0.15, -0.1) is 6.42 Å². The number of nitrogens with two attached hydrogens (primary N) is 1. The van der Waals surface area contributed by atoms with Gasteiger partial charge in [0.15, 0.2) is 23.2 Å². The van der Waals surface area contributed by atoms with Crippen LogP contribution >= 0.6 is 7.67 Å². The first-order valence-corrected chi connectivity index (χ1v) is 18.2. The van der Waals surface area contributed by atoms with Gasteiger partial charge in [-0.25, -0.2) is 19.5 Å². The van der Waals surface area contributed by atoms with Gasteiger partial charge in [0.2, 0.25) is 11.6 Å². The molecule has 3 unspecified atom stereocenters. The second kappa shape index (κ2) is 16.1. The molecule has 49 heavy (non-hydrogen) atoms. The second-order valence-electron chi connectivity index (χ2n) is 13.0. The van der Waals surface area contributed by atoms with Crippen LogP contribution in [-0.2, 0) is 32.9 Å². The third-order valence-electron chi connectivity index (χ3n) is 7.91. The predicted octanol–water partition coefficient (Wildman–Crippen LogP) is 2.84. The highest BCUT2D eigenvalue weighted by Crippen LogP contribution is 2.46. The lowest BCUT2D eigenvalue weighted by molar-refractivity contribution is -0.146. The van der Waals surface area contributed by atoms with Crippen LogP contribution in [0.25, 0.3) is 11.2 Å². The molecule has 0 aromatic carbocycles. The quantitative estimate of drug-likeness (QED) is 0.0855. The van der Waals surface area contributed by atoms with Gasteiger partial charge >= 0.3 is 19.6 Å². The number of fused-ring (bicyclic) bond motifs is 1. The molecule has 1 aliphatic carbocycles. The topological polar surface area (TPSA) is 214 Å². The van der Waals surface area contributed by atoms with E-state index in [0.717, 1.165) is 12.8 Å². The predicted molar refractivity (Wildman–Crippen MR) is 179 cm³/mol. The number of carbonyl (C=O) groups is 2. The zero-order valence-corrected chi connectivity index (χ0v) is 29.6. The Morgan fingerprint density at radius 1 is 1.14 bits per heavy atom. The summed E-state index contributed by atoms with van der Waals surface area (Å²) in [5, 5.41) is 19.9. The third kappa shape index (κ3) is 9.24. The molecule has 0 spiro atoms. The molecule has 16 nitrogen and oxygen atoms in total. The standard InChI is InChI=1S/C31H48FN8O8P/c1-8-31(32)24(41)22(48-29(31)40-16-34-23-25(35-19-11-12-19)36-30(33)37-26(23)40)15-47-49(44,38-20(13-17(4)5)27(42)45-9-2)39-21(14-18(6)7)28(43)46-10-3/h1,16-22,24,29,41H,9-15H2,2-7H3,(H2,38,39,44)(H3,33,35,36,37)/t20-,21+,22-,24?,29?,31+,49?/m1/s1. The summed E-state index contributed by atoms with van der Waals surface area (Å²) in [5.41, 5.74) is 3.53. The van der Waals surface area contributed by atoms with Crippen molar-refractivity contribution in [2.45, 2.75) is 109 Å². The Balaban J connectivity index is 1.65. The number of hydrogen-bond donors (Lipinski definition) is 5. The van der Waals surface area contributed by atoms with Gasteiger partial charge in [0.05, 0.1) is 26.1 Å². The lowest BCUT2D eigenvalue weighted by Gasteiger charge is -2.30. The number of terminal acetylenes is 1. The molecule has 1 saturated carbocycles. The number of nitrogens with zero attached hydrogens (tertiary/aromatic N) is 4. The van der Waals surface area contributed by atoms with Crippen molar-refractivity contribution in [3.8, 4) is 12.3 Å². The first kappa shape index (κ1) is 38.4. The van der Waals surface area contributed by atoms with Crippen LogP contribution < -0.4 is 21.2 Å². The number of imidazole rings is 1. The van der Waals surface area contributed by atoms with E-state index in [9.17, 15) is 19.3 Å². The van der Waals surface area contributed by atoms with Crippen molar-refractivity contribution in [1.29, 1.82) is 0 Å². The van der Waals surface area contributed by atoms with Crippen LogP contribution in [0.3, 0.4) is 0 Å². The molecule has 3 heterocycles. The molecule has 1 saturated heterocycles. The molecule has 7 atom stereocenters. The number of ether oxygens (including phenoxy) is 3. The van der Waals surface area contributed by atoms with Gasteiger partial charge in [-0.05, 0) is 51.4 Å². The van der Waals surface area contributed by atoms with Crippen molar-refractivity contribution in [2.75, 3.05) is 30.9 Å². The first-order valence-electron chi connectivity index (χ1n) is 16.5. The summed E-state index contributed by atoms with van der Waals surface area (Å²) >= 11 is 0. The Bertz CT molecular complexity index is 1530. The largest absolute Gasteiger partial charge is 0.465 e. The van der Waals surface area contributed by atoms with Crippen LogP contribution in [0.1, 0.15) is 73.5 Å². The van der Waals surface area contributed by atoms with E-state index in [-0.39, 0.29) is 55.5 Å². The molecule has 2 aromatic rings. The lowest BCUT2D eigenvalue weighted by Crippen LogP contribution is -2.46. The van der Waals surface area contributed by atoms with Crippen molar-refractivity contribution < 1.29 is 42.4 Å². The van der Waals surface area contributed by atoms with Crippen molar-refractivity contribution in [2.24, 2.45) is 11.8 Å². The molecular formula is C31H48FN8O8P. The Morgan fingerprint density at radius 2 is 1.71 bits per heavy atom. The maximum atomic E-state index is 16.5. The zero-order valence-electron chi connectivity index (χ0n) is 28.7. The number of nitrogens with one attached hydrogen (secondary N) is 3. The van der Waals surface area contributed by atoms with Crippen LogP contribution in [-0.4, -0.2) is 92.4 Å². The molecule has 0 bridgehead atoms. The van der Waals surface area contributed by atoms with Gasteiger partial charge in [0.1, 0.15) is 24.3 Å². The van der Waals surface area contributed by atoms with E-state index in [2.05, 4.69) is 30.4 Å². The Labute approximate surface area is 285 Å². The van der Waals surface area contributed by atoms with Crippen LogP contribution in [0.15, 0.2) is 6.33 Å². The molecule has 272 valence electrons. The summed E-state index contributed by atoms with van der Waals surface area (Å²) in [6, 6.07) is -2.03. The highest BCUT2D eigenvalue weighted by Gasteiger charge is 2.58. The van der Waals surface area contributed by atoms with E-state index in [1.165, 1.54) is 10.9 Å². The van der Waals surface area contributed by atoms with Gasteiger partial charge in [0, 0.05) is 6.04 Å². The normalized spacial score (nSPS) is 24.8. The van der Waals surface area contributed by atoms with Crippen LogP contribution in [0.2, 0.25) is 0 Å². The maximum absolute atomic E-state index is 16.5. The Kier molecular flexibility index (Phi) is 12.6. The lowest BCUT2D eigenvalue weighted by atomic mass is 9.97. The van der Waals surface area contributed by atoms with E-state index in [4.69, 9.17) is 30.9 Å². The Hall–Kier alpha value is -3.39. The van der Waals surface area contributed by atoms with Crippen molar-refractivity contribution in [3.63, 3.8) is 0 Å². The monoisotopic (exact) mass is 710 g/mol. The van der Waals surface area contributed by atoms with Gasteiger partial charge < -0.3 is 34.9 Å². The number of aliphatic hydroxyl groups excluding tert-OH is 1. The number of alkyl halides is 1. The number of halogens is 1. The molecule has 2 aromatic heterocycles. The van der Waals surface area contributed by atoms with E-state index in [0.29, 0.717) is 11.3 Å². The fraction of sp³-hybridized carbons (Fsp3) is 0.710. The number of hydrogen-bond acceptors (Lipinski definition) is 13. The Morgan fingerprint density at radius 3 is 2.20 bits per heavy atom. The first-order chi connectivity index (χ1) is 23.1. The SMILES string of the molecule is C#C[C@]1(F)C(O)[C@@H](COP(=O)(N[C@@H](CC(C)C)C(=O)OCC)N[C@H](CC(C)C)C(=O)OCC)OC1n1cnc2c(NC3CC3)nc(N)nc21. The summed E-state index contributed by atoms with van der Waals surface area (Å²) in [5.74, 6) is 0.800. The number of aromatic nitrogens is 4. The van der Waals surface area contributed by atoms with Gasteiger partial charge in [0.25, 0.3) is 0 Å². The van der Waals surface area contributed by atoms with Crippen LogP contribution in [0.5, 0.6) is 0 Å². The summed E-state index contributed by atoms with van der Waals surface area (Å²) in [6.45, 7) is 10.2. The highest BCUT2D eigenvalue weighted by molar-refractivity contribution is 7.54. The van der Waals surface area contributed by atoms with Crippen molar-refractivity contribution >= 4 is 42.5 Å². The number of anilines is 2. The molecule has 2 fully saturated rings. The third-order valence-corrected chi connectivity index (χ3v) is 9.72. The molecule has 1 aliphatic heterocycles. The smallest absolute Gasteiger partial charge is 0.342 e. The van der Waals surface area contributed by atoms with E-state index >= 15 is 4.39 Å². The molecule has 4 rings (SSSR count). The van der Waals surface area contributed by atoms with Crippen molar-refractivity contribution in [1.82, 2.24) is 29.7 Å². The summed E-state index contributed by atoms with van der Waals surface area (Å²) in [7, 11) is -4.40. The minimum atomic E-state index is -4.40. The maximum Gasteiger partial charge on any atom is 0.342 e. The number of esters is 2. The summed E-state index contributed by atoms with van der Waals surface area (Å²) < 4.78 is 54.6. The van der Waals surface area contributed by atoms with Gasteiger partial charge in [-0.3, -0.25) is 18.7 Å². The van der Waals surface area contributed by atoms with Crippen LogP contribution in [0, 0.1) is 24.2 Å². The van der Waals surface area contributed by atoms with Crippen molar-refractivity contribution in [3.05, 3.63) is 6.33 Å². The van der Waals surface area contributed by atoms with E-state index in [1.54, 1.807) is 13.8 Å². The summed E-state index contributed by atoms with van der Waals surface area (Å²) in [6.07, 6.45) is 4.06. The molecule has 6 N–H and O–H groups in total. The molecule has 0 amide bonds. The highest BCUT2D eigenvalue weighted by atomic mass is 31.2. The number of nitrogen functional groups attached to an aromatic ring is 1. The summed E-state index contributed by atoms with van der Waals surface area (Å²) in [4.78, 5) is 38.7. The zero-order chi connectivity index (χ0) is 36.1. The van der Waals surface area contributed by atoms with E-state index in [1.807, 2.05) is 33.6 Å². The van der Waals surface area contributed by atoms with Gasteiger partial charge in [-0.2, -0.15) is 9.97 Å². The average molecular weight is 711 g/mol. The number of rotatable bonds is 18. The van der Waals surface area contributed by atoms with E-state index < -0.39 is 62.4 Å². The molecule has 2 aliphatic rings. The minimum absolute atomic E-state index is 0.0433. The molecule has 18 heteroatoms. The van der Waals surface area contributed by atoms with Crippen LogP contribution in [0.4, 0.5) is 16.2 Å². The fourth-order valence-corrected chi connectivity index (χ4v) is 7.29. The molecular weight excluding hydrogens is 662 g/mol. The number of aliphatic hydroxyl groups is 1. The minimum Gasteiger partial charge on any atom is -0.465 e. The molecule has 0 radical (unpaired) electrons. The average Bonchev–Trinajstić information content (AvgIpc) is 3.69. The fourth-order valence-electron chi connectivity index (χ4n) is 5.47. The number of carbonyl (C=O) groups excluding carboxylic acids is 2.